The molecule has 0 unspecified atom stereocenters. The van der Waals surface area contributed by atoms with E-state index in [2.05, 4.69) is 5.32 Å². The Morgan fingerprint density at radius 3 is 2.71 bits per heavy atom. The van der Waals surface area contributed by atoms with E-state index in [0.717, 1.165) is 0 Å². The maximum Gasteiger partial charge on any atom is 0.266 e. The van der Waals surface area contributed by atoms with Crippen molar-refractivity contribution in [1.29, 1.82) is 5.26 Å². The van der Waals surface area contributed by atoms with Crippen LogP contribution >= 0.6 is 11.6 Å². The summed E-state index contributed by atoms with van der Waals surface area (Å²) >= 11 is 6.02. The molecule has 0 saturated carbocycles. The van der Waals surface area contributed by atoms with E-state index in [-0.39, 0.29) is 17.1 Å². The minimum absolute atomic E-state index is 0.139. The summed E-state index contributed by atoms with van der Waals surface area (Å²) in [5, 5.41) is 22.5. The third-order valence-corrected chi connectivity index (χ3v) is 3.84. The topological polar surface area (TPSA) is 82.3 Å². The summed E-state index contributed by atoms with van der Waals surface area (Å²) in [6.07, 6.45) is 1.30. The van der Waals surface area contributed by atoms with Gasteiger partial charge in [0.25, 0.3) is 5.91 Å². The monoisotopic (exact) mass is 342 g/mol. The van der Waals surface area contributed by atoms with Crippen LogP contribution < -0.4 is 10.1 Å². The van der Waals surface area contributed by atoms with E-state index in [1.165, 1.54) is 13.2 Å². The SMILES string of the molecule is COc1cccc(/C=C(\C#N)C(=O)Nc2cccc(Cl)c2C)c1O. The summed E-state index contributed by atoms with van der Waals surface area (Å²) in [7, 11) is 1.42. The van der Waals surface area contributed by atoms with Gasteiger partial charge in [0, 0.05) is 16.3 Å². The van der Waals surface area contributed by atoms with Crippen molar-refractivity contribution in [1.82, 2.24) is 0 Å². The van der Waals surface area contributed by atoms with Gasteiger partial charge in [-0.25, -0.2) is 0 Å². The second-order valence-corrected chi connectivity index (χ2v) is 5.34. The van der Waals surface area contributed by atoms with Crippen LogP contribution in [0.4, 0.5) is 5.69 Å². The van der Waals surface area contributed by atoms with Gasteiger partial charge in [-0.15, -0.1) is 0 Å². The van der Waals surface area contributed by atoms with Gasteiger partial charge < -0.3 is 15.2 Å². The molecular weight excluding hydrogens is 328 g/mol. The predicted octanol–water partition coefficient (Wildman–Crippen LogP) is 3.91. The van der Waals surface area contributed by atoms with Crippen LogP contribution in [0.3, 0.4) is 0 Å². The molecule has 0 aromatic heterocycles. The number of para-hydroxylation sites is 1. The molecule has 5 nitrogen and oxygen atoms in total. The van der Waals surface area contributed by atoms with Crippen molar-refractivity contribution in [3.63, 3.8) is 0 Å². The molecule has 2 N–H and O–H groups in total. The number of methoxy groups -OCH3 is 1. The second kappa shape index (κ2) is 7.53. The number of carbonyl (C=O) groups is 1. The lowest BCUT2D eigenvalue weighted by Gasteiger charge is -2.09. The molecule has 2 aromatic rings. The summed E-state index contributed by atoms with van der Waals surface area (Å²) in [4.78, 5) is 12.3. The average Bonchev–Trinajstić information content (AvgIpc) is 2.58. The number of rotatable bonds is 4. The number of hydrogen-bond donors (Lipinski definition) is 2. The van der Waals surface area contributed by atoms with Crippen molar-refractivity contribution < 1.29 is 14.6 Å². The molecule has 0 atom stereocenters. The van der Waals surface area contributed by atoms with Crippen LogP contribution in [0, 0.1) is 18.3 Å². The summed E-state index contributed by atoms with van der Waals surface area (Å²) < 4.78 is 5.01. The van der Waals surface area contributed by atoms with Gasteiger partial charge in [-0.1, -0.05) is 29.8 Å². The maximum absolute atomic E-state index is 12.3. The van der Waals surface area contributed by atoms with Gasteiger partial charge in [-0.3, -0.25) is 4.79 Å². The zero-order valence-corrected chi connectivity index (χ0v) is 13.9. The predicted molar refractivity (Wildman–Crippen MR) is 93.1 cm³/mol. The highest BCUT2D eigenvalue weighted by atomic mass is 35.5. The molecule has 122 valence electrons. The van der Waals surface area contributed by atoms with Crippen LogP contribution in [0.1, 0.15) is 11.1 Å². The average molecular weight is 343 g/mol. The maximum atomic E-state index is 12.3. The van der Waals surface area contributed by atoms with Crippen LogP contribution in [-0.2, 0) is 4.79 Å². The molecule has 0 radical (unpaired) electrons. The Balaban J connectivity index is 2.33. The summed E-state index contributed by atoms with van der Waals surface area (Å²) in [5.74, 6) is -0.475. The molecular formula is C18H15ClN2O3. The molecule has 0 aliphatic rings. The Labute approximate surface area is 144 Å². The highest BCUT2D eigenvalue weighted by molar-refractivity contribution is 6.31. The van der Waals surface area contributed by atoms with Crippen molar-refractivity contribution in [2.75, 3.05) is 12.4 Å². The smallest absolute Gasteiger partial charge is 0.266 e. The summed E-state index contributed by atoms with van der Waals surface area (Å²) in [6, 6.07) is 11.7. The number of benzene rings is 2. The molecule has 2 rings (SSSR count). The molecule has 0 spiro atoms. The molecule has 0 bridgehead atoms. The molecule has 0 fully saturated rings. The number of anilines is 1. The number of ether oxygens (including phenoxy) is 1. The number of aromatic hydroxyl groups is 1. The number of phenols is 1. The van der Waals surface area contributed by atoms with Crippen LogP contribution in [0.15, 0.2) is 42.0 Å². The Kier molecular flexibility index (Phi) is 5.46. The normalized spacial score (nSPS) is 10.8. The zero-order chi connectivity index (χ0) is 17.7. The molecule has 0 aliphatic carbocycles. The second-order valence-electron chi connectivity index (χ2n) is 4.93. The van der Waals surface area contributed by atoms with Gasteiger partial charge in [-0.05, 0) is 36.8 Å². The fraction of sp³-hybridized carbons (Fsp3) is 0.111. The number of nitriles is 1. The van der Waals surface area contributed by atoms with E-state index in [1.807, 2.05) is 6.07 Å². The van der Waals surface area contributed by atoms with Gasteiger partial charge in [0.05, 0.1) is 7.11 Å². The molecule has 0 heterocycles. The number of carbonyl (C=O) groups excluding carboxylic acids is 1. The van der Waals surface area contributed by atoms with Gasteiger partial charge >= 0.3 is 0 Å². The number of halogens is 1. The fourth-order valence-corrected chi connectivity index (χ4v) is 2.23. The molecule has 1 amide bonds. The lowest BCUT2D eigenvalue weighted by atomic mass is 10.1. The number of nitrogens with one attached hydrogen (secondary N) is 1. The Morgan fingerprint density at radius 1 is 1.33 bits per heavy atom. The van der Waals surface area contributed by atoms with E-state index in [9.17, 15) is 15.2 Å². The van der Waals surface area contributed by atoms with E-state index in [1.54, 1.807) is 43.3 Å². The van der Waals surface area contributed by atoms with Crippen LogP contribution in [0.25, 0.3) is 6.08 Å². The van der Waals surface area contributed by atoms with Crippen LogP contribution in [0.5, 0.6) is 11.5 Å². The first-order valence-corrected chi connectivity index (χ1v) is 7.40. The molecule has 2 aromatic carbocycles. The number of phenolic OH excluding ortho intramolecular Hbond substituents is 1. The highest BCUT2D eigenvalue weighted by Gasteiger charge is 2.14. The molecule has 0 aliphatic heterocycles. The Hall–Kier alpha value is -2.97. The van der Waals surface area contributed by atoms with E-state index in [4.69, 9.17) is 16.3 Å². The lowest BCUT2D eigenvalue weighted by Crippen LogP contribution is -2.14. The first kappa shape index (κ1) is 17.4. The van der Waals surface area contributed by atoms with E-state index < -0.39 is 5.91 Å². The quantitative estimate of drug-likeness (QED) is 0.652. The lowest BCUT2D eigenvalue weighted by molar-refractivity contribution is -0.112. The van der Waals surface area contributed by atoms with Gasteiger partial charge in [0.1, 0.15) is 11.6 Å². The number of nitrogens with zero attached hydrogens (tertiary/aromatic N) is 1. The molecule has 6 heteroatoms. The minimum Gasteiger partial charge on any atom is -0.504 e. The van der Waals surface area contributed by atoms with Gasteiger partial charge in [0.2, 0.25) is 0 Å². The summed E-state index contributed by atoms with van der Waals surface area (Å²) in [5.41, 5.74) is 1.37. The molecule has 0 saturated heterocycles. The minimum atomic E-state index is -0.593. The van der Waals surface area contributed by atoms with Gasteiger partial charge in [-0.2, -0.15) is 5.26 Å². The van der Waals surface area contributed by atoms with Gasteiger partial charge in [0.15, 0.2) is 11.5 Å². The van der Waals surface area contributed by atoms with Crippen molar-refractivity contribution in [2.24, 2.45) is 0 Å². The van der Waals surface area contributed by atoms with E-state index in [0.29, 0.717) is 21.8 Å². The largest absolute Gasteiger partial charge is 0.504 e. The van der Waals surface area contributed by atoms with Crippen molar-refractivity contribution in [3.05, 3.63) is 58.1 Å². The van der Waals surface area contributed by atoms with Crippen molar-refractivity contribution in [2.45, 2.75) is 6.92 Å². The third kappa shape index (κ3) is 3.67. The van der Waals surface area contributed by atoms with Crippen molar-refractivity contribution >= 4 is 29.3 Å². The van der Waals surface area contributed by atoms with Crippen LogP contribution in [0.2, 0.25) is 5.02 Å². The number of hydrogen-bond acceptors (Lipinski definition) is 4. The molecule has 24 heavy (non-hydrogen) atoms. The Morgan fingerprint density at radius 2 is 2.04 bits per heavy atom. The first-order chi connectivity index (χ1) is 11.5. The first-order valence-electron chi connectivity index (χ1n) is 7.02. The zero-order valence-electron chi connectivity index (χ0n) is 13.1. The summed E-state index contributed by atoms with van der Waals surface area (Å²) in [6.45, 7) is 1.77. The van der Waals surface area contributed by atoms with E-state index >= 15 is 0 Å². The van der Waals surface area contributed by atoms with Crippen LogP contribution in [-0.4, -0.2) is 18.1 Å². The Bertz CT molecular complexity index is 854. The van der Waals surface area contributed by atoms with Crippen molar-refractivity contribution in [3.8, 4) is 17.6 Å². The number of amides is 1. The highest BCUT2D eigenvalue weighted by Crippen LogP contribution is 2.31. The standard InChI is InChI=1S/C18H15ClN2O3/c1-11-14(19)6-4-7-15(11)21-18(23)13(10-20)9-12-5-3-8-16(24-2)17(12)22/h3-9,22H,1-2H3,(H,21,23)/b13-9+. The fourth-order valence-electron chi connectivity index (χ4n) is 2.06. The third-order valence-electron chi connectivity index (χ3n) is 3.43.